The fourth-order valence-corrected chi connectivity index (χ4v) is 2.86. The summed E-state index contributed by atoms with van der Waals surface area (Å²) in [6, 6.07) is 0. The third kappa shape index (κ3) is 3.68. The molecule has 26 heavy (non-hydrogen) atoms. The van der Waals surface area contributed by atoms with Gasteiger partial charge >= 0.3 is 5.69 Å². The molecule has 0 bridgehead atoms. The number of carbonyl (C=O) groups excluding carboxylic acids is 3. The quantitative estimate of drug-likeness (QED) is 0.620. The molecule has 0 aliphatic carbocycles. The summed E-state index contributed by atoms with van der Waals surface area (Å²) >= 11 is 0. The van der Waals surface area contributed by atoms with E-state index in [2.05, 4.69) is 4.98 Å². The molecule has 0 atom stereocenters. The fourth-order valence-electron chi connectivity index (χ4n) is 2.86. The van der Waals surface area contributed by atoms with Crippen molar-refractivity contribution >= 4 is 29.2 Å². The first-order valence-electron chi connectivity index (χ1n) is 8.57. The number of unbranched alkanes of at least 4 members (excludes halogenated alkanes) is 1. The van der Waals surface area contributed by atoms with Gasteiger partial charge in [0, 0.05) is 25.9 Å². The predicted octanol–water partition coefficient (Wildman–Crippen LogP) is -0.579. The van der Waals surface area contributed by atoms with Crippen LogP contribution in [0.1, 0.15) is 39.5 Å². The van der Waals surface area contributed by atoms with E-state index in [9.17, 15) is 24.0 Å². The highest BCUT2D eigenvalue weighted by Gasteiger charge is 2.33. The normalized spacial score (nSPS) is 14.2. The molecule has 10 nitrogen and oxygen atoms in total. The molecule has 1 fully saturated rings. The zero-order valence-electron chi connectivity index (χ0n) is 14.9. The Labute approximate surface area is 149 Å². The molecule has 0 unspecified atom stereocenters. The molecule has 3 amide bonds. The van der Waals surface area contributed by atoms with Gasteiger partial charge in [0.15, 0.2) is 5.69 Å². The van der Waals surface area contributed by atoms with E-state index in [1.165, 1.54) is 4.57 Å². The molecule has 2 rings (SSSR count). The molecular formula is C16H23N5O5. The maximum Gasteiger partial charge on any atom is 0.330 e. The molecule has 0 aromatic carbocycles. The van der Waals surface area contributed by atoms with Gasteiger partial charge < -0.3 is 10.6 Å². The molecule has 1 aromatic heterocycles. The maximum absolute atomic E-state index is 12.6. The largest absolute Gasteiger partial charge is 0.383 e. The second-order valence-corrected chi connectivity index (χ2v) is 6.01. The number of likely N-dealkylation sites (tertiary alicyclic amines) is 1. The van der Waals surface area contributed by atoms with Gasteiger partial charge in [0.25, 0.3) is 5.56 Å². The summed E-state index contributed by atoms with van der Waals surface area (Å²) in [6.45, 7) is 3.51. The van der Waals surface area contributed by atoms with Crippen molar-refractivity contribution in [2.45, 2.75) is 46.1 Å². The molecule has 1 saturated heterocycles. The van der Waals surface area contributed by atoms with Gasteiger partial charge in [0.2, 0.25) is 17.7 Å². The summed E-state index contributed by atoms with van der Waals surface area (Å²) in [7, 11) is 0. The van der Waals surface area contributed by atoms with Gasteiger partial charge in [-0.05, 0) is 13.3 Å². The molecule has 10 heteroatoms. The van der Waals surface area contributed by atoms with Crippen molar-refractivity contribution in [2.75, 3.05) is 23.7 Å². The van der Waals surface area contributed by atoms with Gasteiger partial charge in [-0.15, -0.1) is 0 Å². The Morgan fingerprint density at radius 2 is 1.77 bits per heavy atom. The van der Waals surface area contributed by atoms with Crippen LogP contribution < -0.4 is 21.9 Å². The number of aromatic nitrogens is 2. The highest BCUT2D eigenvalue weighted by atomic mass is 16.2. The first-order chi connectivity index (χ1) is 12.3. The maximum atomic E-state index is 12.6. The second-order valence-electron chi connectivity index (χ2n) is 6.01. The molecule has 1 aliphatic rings. The molecule has 0 spiro atoms. The van der Waals surface area contributed by atoms with Crippen LogP contribution in [0.5, 0.6) is 0 Å². The molecule has 2 heterocycles. The lowest BCUT2D eigenvalue weighted by Gasteiger charge is -2.25. The average molecular weight is 365 g/mol. The van der Waals surface area contributed by atoms with E-state index in [-0.39, 0.29) is 30.9 Å². The zero-order chi connectivity index (χ0) is 19.4. The van der Waals surface area contributed by atoms with E-state index < -0.39 is 35.5 Å². The minimum Gasteiger partial charge on any atom is -0.383 e. The van der Waals surface area contributed by atoms with Gasteiger partial charge in [-0.25, -0.2) is 4.79 Å². The summed E-state index contributed by atoms with van der Waals surface area (Å²) in [5.41, 5.74) is 4.43. The summed E-state index contributed by atoms with van der Waals surface area (Å²) < 4.78 is 1.21. The second kappa shape index (κ2) is 7.98. The van der Waals surface area contributed by atoms with Gasteiger partial charge in [0.05, 0.1) is 0 Å². The third-order valence-corrected chi connectivity index (χ3v) is 4.28. The Bertz CT molecular complexity index is 824. The smallest absolute Gasteiger partial charge is 0.330 e. The van der Waals surface area contributed by atoms with Crippen LogP contribution in [0.3, 0.4) is 0 Å². The standard InChI is InChI=1S/C16H23N5O5/c1-3-5-8-20-14(17)13(15(25)18-16(20)26)19(4-2)12(24)9-21-10(22)6-7-11(21)23/h3-9,17H2,1-2H3,(H,18,25,26). The van der Waals surface area contributed by atoms with E-state index in [1.54, 1.807) is 6.92 Å². The number of amides is 3. The number of hydrogen-bond donors (Lipinski definition) is 2. The van der Waals surface area contributed by atoms with E-state index in [0.717, 1.165) is 16.2 Å². The number of rotatable bonds is 7. The van der Waals surface area contributed by atoms with Gasteiger partial charge in [-0.2, -0.15) is 0 Å². The van der Waals surface area contributed by atoms with Crippen molar-refractivity contribution in [3.63, 3.8) is 0 Å². The Balaban J connectivity index is 2.38. The average Bonchev–Trinajstić information content (AvgIpc) is 2.90. The number of aromatic amines is 1. The van der Waals surface area contributed by atoms with Crippen molar-refractivity contribution in [3.8, 4) is 0 Å². The molecule has 1 aromatic rings. The number of nitrogen functional groups attached to an aromatic ring is 1. The van der Waals surface area contributed by atoms with Crippen molar-refractivity contribution in [2.24, 2.45) is 0 Å². The zero-order valence-corrected chi connectivity index (χ0v) is 14.9. The number of carbonyl (C=O) groups is 3. The summed E-state index contributed by atoms with van der Waals surface area (Å²) in [5.74, 6) is -1.57. The SMILES string of the molecule is CCCCn1c(N)c(N(CC)C(=O)CN2C(=O)CCC2=O)c(=O)[nH]c1=O. The van der Waals surface area contributed by atoms with Crippen molar-refractivity contribution in [3.05, 3.63) is 20.8 Å². The van der Waals surface area contributed by atoms with Crippen LogP contribution in [0.2, 0.25) is 0 Å². The number of anilines is 2. The van der Waals surface area contributed by atoms with Crippen LogP contribution in [0.4, 0.5) is 11.5 Å². The van der Waals surface area contributed by atoms with Crippen LogP contribution in [-0.2, 0) is 20.9 Å². The molecule has 142 valence electrons. The Morgan fingerprint density at radius 1 is 1.15 bits per heavy atom. The fraction of sp³-hybridized carbons (Fsp3) is 0.562. The number of hydrogen-bond acceptors (Lipinski definition) is 6. The van der Waals surface area contributed by atoms with Crippen LogP contribution in [0, 0.1) is 0 Å². The molecule has 0 radical (unpaired) electrons. The van der Waals surface area contributed by atoms with Gasteiger partial charge in [-0.1, -0.05) is 13.3 Å². The van der Waals surface area contributed by atoms with Crippen molar-refractivity contribution < 1.29 is 14.4 Å². The first-order valence-corrected chi connectivity index (χ1v) is 8.57. The van der Waals surface area contributed by atoms with E-state index in [0.29, 0.717) is 13.0 Å². The summed E-state index contributed by atoms with van der Waals surface area (Å²) in [6.07, 6.45) is 1.63. The number of imide groups is 1. The topological polar surface area (TPSA) is 139 Å². The molecule has 3 N–H and O–H groups in total. The lowest BCUT2D eigenvalue weighted by atomic mass is 10.3. The van der Waals surface area contributed by atoms with E-state index >= 15 is 0 Å². The minimum atomic E-state index is -0.783. The lowest BCUT2D eigenvalue weighted by Crippen LogP contribution is -2.46. The predicted molar refractivity (Wildman–Crippen MR) is 94.6 cm³/mol. The van der Waals surface area contributed by atoms with Crippen LogP contribution >= 0.6 is 0 Å². The molecular weight excluding hydrogens is 342 g/mol. The number of H-pyrrole nitrogens is 1. The van der Waals surface area contributed by atoms with Gasteiger partial charge in [0.1, 0.15) is 12.4 Å². The molecule has 0 saturated carbocycles. The lowest BCUT2D eigenvalue weighted by molar-refractivity contribution is -0.141. The van der Waals surface area contributed by atoms with E-state index in [1.807, 2.05) is 6.92 Å². The highest BCUT2D eigenvalue weighted by molar-refractivity contribution is 6.07. The number of nitrogens with zero attached hydrogens (tertiary/aromatic N) is 3. The van der Waals surface area contributed by atoms with Gasteiger partial charge in [-0.3, -0.25) is 33.6 Å². The first kappa shape index (κ1) is 19.4. The van der Waals surface area contributed by atoms with Crippen molar-refractivity contribution in [1.29, 1.82) is 0 Å². The number of likely N-dealkylation sites (N-methyl/N-ethyl adjacent to an activating group) is 1. The Kier molecular flexibility index (Phi) is 5.96. The summed E-state index contributed by atoms with van der Waals surface area (Å²) in [4.78, 5) is 64.4. The van der Waals surface area contributed by atoms with Crippen molar-refractivity contribution in [1.82, 2.24) is 14.5 Å². The monoisotopic (exact) mass is 365 g/mol. The third-order valence-electron chi connectivity index (χ3n) is 4.28. The highest BCUT2D eigenvalue weighted by Crippen LogP contribution is 2.19. The van der Waals surface area contributed by atoms with Crippen LogP contribution in [-0.4, -0.2) is 45.3 Å². The Hall–Kier alpha value is -2.91. The Morgan fingerprint density at radius 3 is 2.31 bits per heavy atom. The molecule has 1 aliphatic heterocycles. The number of nitrogens with two attached hydrogens (primary N) is 1. The number of nitrogens with one attached hydrogen (secondary N) is 1. The minimum absolute atomic E-state index is 0.0723. The van der Waals surface area contributed by atoms with Crippen LogP contribution in [0.15, 0.2) is 9.59 Å². The van der Waals surface area contributed by atoms with Crippen LogP contribution in [0.25, 0.3) is 0 Å². The summed E-state index contributed by atoms with van der Waals surface area (Å²) in [5, 5.41) is 0. The van der Waals surface area contributed by atoms with E-state index in [4.69, 9.17) is 5.73 Å².